The number of hydrogen-bond acceptors (Lipinski definition) is 3. The Morgan fingerprint density at radius 3 is 2.70 bits per heavy atom. The largest absolute Gasteiger partial charge is 0.309 e. The smallest absolute Gasteiger partial charge is 0.248 e. The van der Waals surface area contributed by atoms with Crippen LogP contribution < -0.4 is 4.90 Å². The molecule has 1 amide bonds. The van der Waals surface area contributed by atoms with Crippen molar-refractivity contribution in [2.45, 2.75) is 20.4 Å². The zero-order valence-electron chi connectivity index (χ0n) is 15.7. The summed E-state index contributed by atoms with van der Waals surface area (Å²) in [5.74, 6) is 0.0530. The summed E-state index contributed by atoms with van der Waals surface area (Å²) < 4.78 is 1.82. The van der Waals surface area contributed by atoms with Crippen molar-refractivity contribution in [1.29, 1.82) is 0 Å². The molecular formula is C21H23ClN4O. The van der Waals surface area contributed by atoms with Crippen LogP contribution in [0, 0.1) is 0 Å². The highest BCUT2D eigenvalue weighted by Gasteiger charge is 2.28. The molecule has 0 bridgehead atoms. The summed E-state index contributed by atoms with van der Waals surface area (Å²) in [5, 5.41) is 6.37. The molecule has 0 unspecified atom stereocenters. The molecule has 1 aromatic heterocycles. The van der Waals surface area contributed by atoms with Gasteiger partial charge < -0.3 is 9.80 Å². The van der Waals surface area contributed by atoms with Crippen molar-refractivity contribution < 1.29 is 4.79 Å². The minimum absolute atomic E-state index is 0.0530. The second-order valence-corrected chi connectivity index (χ2v) is 7.19. The van der Waals surface area contributed by atoms with E-state index in [9.17, 15) is 4.79 Å². The molecule has 3 aromatic rings. The van der Waals surface area contributed by atoms with Crippen LogP contribution >= 0.6 is 11.6 Å². The summed E-state index contributed by atoms with van der Waals surface area (Å²) in [6.45, 7) is 7.94. The predicted octanol–water partition coefficient (Wildman–Crippen LogP) is 4.05. The zero-order valence-corrected chi connectivity index (χ0v) is 16.4. The Labute approximate surface area is 164 Å². The third kappa shape index (κ3) is 3.22. The number of likely N-dealkylation sites (N-methyl/N-ethyl adjacent to an activating group) is 1. The molecule has 0 aliphatic carbocycles. The number of aromatic nitrogens is 2. The van der Waals surface area contributed by atoms with E-state index in [1.807, 2.05) is 46.0 Å². The van der Waals surface area contributed by atoms with Gasteiger partial charge in [-0.3, -0.25) is 9.48 Å². The van der Waals surface area contributed by atoms with Gasteiger partial charge in [-0.2, -0.15) is 5.10 Å². The standard InChI is InChI=1S/C21H23ClN4O/c1-3-24(4-2)11-12-25-19-10-9-15(22)13-17(19)21-16-7-5-6-8-18(16)23-26(21)14-20(25)27/h5-10,13H,3-4,11-12,14H2,1-2H3. The number of hydrogen-bond donors (Lipinski definition) is 0. The summed E-state index contributed by atoms with van der Waals surface area (Å²) in [4.78, 5) is 17.3. The molecule has 0 N–H and O–H groups in total. The van der Waals surface area contributed by atoms with Gasteiger partial charge >= 0.3 is 0 Å². The van der Waals surface area contributed by atoms with E-state index in [2.05, 4.69) is 29.9 Å². The maximum atomic E-state index is 13.1. The van der Waals surface area contributed by atoms with Crippen LogP contribution in [0.25, 0.3) is 22.2 Å². The van der Waals surface area contributed by atoms with Gasteiger partial charge in [0.1, 0.15) is 6.54 Å². The summed E-state index contributed by atoms with van der Waals surface area (Å²) in [6.07, 6.45) is 0. The molecule has 27 heavy (non-hydrogen) atoms. The molecule has 5 nitrogen and oxygen atoms in total. The van der Waals surface area contributed by atoms with E-state index in [-0.39, 0.29) is 12.5 Å². The number of carbonyl (C=O) groups is 1. The van der Waals surface area contributed by atoms with Crippen LogP contribution in [0.2, 0.25) is 5.02 Å². The molecule has 0 spiro atoms. The Hall–Kier alpha value is -2.37. The Kier molecular flexibility index (Phi) is 4.89. The lowest BCUT2D eigenvalue weighted by Gasteiger charge is -2.26. The fourth-order valence-electron chi connectivity index (χ4n) is 3.79. The molecule has 6 heteroatoms. The van der Waals surface area contributed by atoms with Crippen LogP contribution in [-0.2, 0) is 11.3 Å². The van der Waals surface area contributed by atoms with Crippen LogP contribution in [0.5, 0.6) is 0 Å². The highest BCUT2D eigenvalue weighted by Crippen LogP contribution is 2.39. The number of benzene rings is 2. The van der Waals surface area contributed by atoms with E-state index in [1.54, 1.807) is 0 Å². The van der Waals surface area contributed by atoms with Gasteiger partial charge in [-0.05, 0) is 37.4 Å². The lowest BCUT2D eigenvalue weighted by molar-refractivity contribution is -0.119. The molecule has 1 aliphatic rings. The fourth-order valence-corrected chi connectivity index (χ4v) is 3.96. The van der Waals surface area contributed by atoms with Crippen molar-refractivity contribution in [3.8, 4) is 11.3 Å². The van der Waals surface area contributed by atoms with Gasteiger partial charge in [0.05, 0.1) is 16.9 Å². The van der Waals surface area contributed by atoms with Crippen molar-refractivity contribution in [2.24, 2.45) is 0 Å². The average molecular weight is 383 g/mol. The number of rotatable bonds is 5. The summed E-state index contributed by atoms with van der Waals surface area (Å²) >= 11 is 6.33. The van der Waals surface area contributed by atoms with Crippen LogP contribution in [0.3, 0.4) is 0 Å². The van der Waals surface area contributed by atoms with Gasteiger partial charge in [-0.1, -0.05) is 43.6 Å². The molecule has 140 valence electrons. The van der Waals surface area contributed by atoms with E-state index >= 15 is 0 Å². The number of nitrogens with zero attached hydrogens (tertiary/aromatic N) is 4. The monoisotopic (exact) mass is 382 g/mol. The topological polar surface area (TPSA) is 41.4 Å². The molecule has 1 aliphatic heterocycles. The van der Waals surface area contributed by atoms with Crippen molar-refractivity contribution in [3.05, 3.63) is 47.5 Å². The minimum Gasteiger partial charge on any atom is -0.309 e. The molecule has 0 saturated carbocycles. The van der Waals surface area contributed by atoms with E-state index in [1.165, 1.54) is 0 Å². The van der Waals surface area contributed by atoms with Gasteiger partial charge in [0.2, 0.25) is 5.91 Å². The van der Waals surface area contributed by atoms with E-state index in [0.717, 1.165) is 47.5 Å². The van der Waals surface area contributed by atoms with E-state index in [0.29, 0.717) is 11.6 Å². The lowest BCUT2D eigenvalue weighted by Crippen LogP contribution is -2.39. The Balaban J connectivity index is 1.84. The maximum absolute atomic E-state index is 13.1. The average Bonchev–Trinajstić information content (AvgIpc) is 2.98. The van der Waals surface area contributed by atoms with Gasteiger partial charge in [0, 0.05) is 29.1 Å². The molecule has 0 saturated heterocycles. The molecule has 4 rings (SSSR count). The SMILES string of the molecule is CCN(CC)CCN1C(=O)Cn2nc3ccccc3c2-c2cc(Cl)ccc21. The predicted molar refractivity (Wildman–Crippen MR) is 110 cm³/mol. The minimum atomic E-state index is 0.0530. The molecule has 0 radical (unpaired) electrons. The molecular weight excluding hydrogens is 360 g/mol. The maximum Gasteiger partial charge on any atom is 0.248 e. The first-order valence-corrected chi connectivity index (χ1v) is 9.78. The first-order chi connectivity index (χ1) is 13.1. The molecule has 2 heterocycles. The van der Waals surface area contributed by atoms with Crippen molar-refractivity contribution in [2.75, 3.05) is 31.1 Å². The second kappa shape index (κ2) is 7.33. The highest BCUT2D eigenvalue weighted by molar-refractivity contribution is 6.31. The van der Waals surface area contributed by atoms with E-state index in [4.69, 9.17) is 11.6 Å². The Morgan fingerprint density at radius 1 is 1.15 bits per heavy atom. The number of halogens is 1. The summed E-state index contributed by atoms with van der Waals surface area (Å²) in [7, 11) is 0. The Morgan fingerprint density at radius 2 is 1.93 bits per heavy atom. The number of carbonyl (C=O) groups excluding carboxylic acids is 1. The fraction of sp³-hybridized carbons (Fsp3) is 0.333. The van der Waals surface area contributed by atoms with Gasteiger partial charge in [0.25, 0.3) is 0 Å². The van der Waals surface area contributed by atoms with Crippen LogP contribution in [0.15, 0.2) is 42.5 Å². The number of amides is 1. The summed E-state index contributed by atoms with van der Waals surface area (Å²) in [5.41, 5.74) is 3.71. The van der Waals surface area contributed by atoms with E-state index < -0.39 is 0 Å². The van der Waals surface area contributed by atoms with Gasteiger partial charge in [0.15, 0.2) is 0 Å². The normalized spacial score (nSPS) is 13.8. The second-order valence-electron chi connectivity index (χ2n) is 6.76. The highest BCUT2D eigenvalue weighted by atomic mass is 35.5. The lowest BCUT2D eigenvalue weighted by atomic mass is 10.0. The van der Waals surface area contributed by atoms with Gasteiger partial charge in [-0.25, -0.2) is 0 Å². The number of anilines is 1. The van der Waals surface area contributed by atoms with Crippen LogP contribution in [0.4, 0.5) is 5.69 Å². The van der Waals surface area contributed by atoms with Crippen LogP contribution in [0.1, 0.15) is 13.8 Å². The van der Waals surface area contributed by atoms with Crippen LogP contribution in [-0.4, -0.2) is 46.8 Å². The zero-order chi connectivity index (χ0) is 19.0. The first kappa shape index (κ1) is 18.0. The van der Waals surface area contributed by atoms with Crippen molar-refractivity contribution >= 4 is 34.1 Å². The Bertz CT molecular complexity index is 993. The first-order valence-electron chi connectivity index (χ1n) is 9.40. The molecule has 2 aromatic carbocycles. The van der Waals surface area contributed by atoms with Crippen molar-refractivity contribution in [1.82, 2.24) is 14.7 Å². The van der Waals surface area contributed by atoms with Gasteiger partial charge in [-0.15, -0.1) is 0 Å². The van der Waals surface area contributed by atoms with Crippen molar-refractivity contribution in [3.63, 3.8) is 0 Å². The quantitative estimate of drug-likeness (QED) is 0.668. The molecule has 0 fully saturated rings. The molecule has 0 atom stereocenters. The number of fused-ring (bicyclic) bond motifs is 5. The summed E-state index contributed by atoms with van der Waals surface area (Å²) in [6, 6.07) is 13.7. The third-order valence-corrected chi connectivity index (χ3v) is 5.51. The third-order valence-electron chi connectivity index (χ3n) is 5.27.